The van der Waals surface area contributed by atoms with Crippen LogP contribution < -0.4 is 5.32 Å². The van der Waals surface area contributed by atoms with E-state index in [0.29, 0.717) is 6.73 Å². The van der Waals surface area contributed by atoms with Crippen molar-refractivity contribution in [2.45, 2.75) is 37.4 Å². The van der Waals surface area contributed by atoms with Crippen LogP contribution in [0.2, 0.25) is 25.7 Å². The number of hydrogen-bond donors (Lipinski definition) is 1. The van der Waals surface area contributed by atoms with Gasteiger partial charge in [0.25, 0.3) is 0 Å². The minimum absolute atomic E-state index is 0.595. The quantitative estimate of drug-likeness (QED) is 0.670. The molecule has 0 unspecified atom stereocenters. The number of hydrogen-bond acceptors (Lipinski definition) is 4. The summed E-state index contributed by atoms with van der Waals surface area (Å²) in [5.41, 5.74) is 2.19. The summed E-state index contributed by atoms with van der Waals surface area (Å²) in [5.74, 6) is 1.08. The molecule has 114 valence electrons. The summed E-state index contributed by atoms with van der Waals surface area (Å²) in [4.78, 5) is 4.80. The van der Waals surface area contributed by atoms with Crippen molar-refractivity contribution in [1.82, 2.24) is 9.55 Å². The molecule has 1 aliphatic heterocycles. The molecule has 0 spiro atoms. The van der Waals surface area contributed by atoms with E-state index in [2.05, 4.69) is 47.9 Å². The van der Waals surface area contributed by atoms with Crippen LogP contribution in [0.15, 0.2) is 23.4 Å². The first-order valence-electron chi connectivity index (χ1n) is 7.47. The molecule has 0 saturated heterocycles. The molecule has 0 atom stereocenters. The number of rotatable bonds is 5. The van der Waals surface area contributed by atoms with E-state index in [1.807, 2.05) is 11.8 Å². The minimum atomic E-state index is -1.01. The monoisotopic (exact) mass is 321 g/mol. The Morgan fingerprint density at radius 1 is 1.43 bits per heavy atom. The smallest absolute Gasteiger partial charge is 0.143 e. The van der Waals surface area contributed by atoms with Crippen LogP contribution in [0.25, 0.3) is 11.0 Å². The zero-order valence-corrected chi connectivity index (χ0v) is 14.8. The zero-order chi connectivity index (χ0) is 14.9. The predicted molar refractivity (Wildman–Crippen MR) is 93.1 cm³/mol. The largest absolute Gasteiger partial charge is 0.382 e. The van der Waals surface area contributed by atoms with Gasteiger partial charge in [0.15, 0.2) is 0 Å². The van der Waals surface area contributed by atoms with Gasteiger partial charge in [0.05, 0.1) is 5.69 Å². The first-order chi connectivity index (χ1) is 10.0. The maximum absolute atomic E-state index is 5.84. The number of pyridine rings is 1. The number of anilines is 1. The van der Waals surface area contributed by atoms with Crippen LogP contribution in [0.5, 0.6) is 0 Å². The second kappa shape index (κ2) is 6.02. The molecule has 3 rings (SSSR count). The first-order valence-corrected chi connectivity index (χ1v) is 12.2. The van der Waals surface area contributed by atoms with E-state index in [1.165, 1.54) is 11.4 Å². The first kappa shape index (κ1) is 14.9. The molecule has 0 bridgehead atoms. The molecule has 21 heavy (non-hydrogen) atoms. The Labute approximate surface area is 131 Å². The van der Waals surface area contributed by atoms with Crippen molar-refractivity contribution in [2.75, 3.05) is 24.2 Å². The van der Waals surface area contributed by atoms with Gasteiger partial charge in [-0.25, -0.2) is 4.98 Å². The average molecular weight is 322 g/mol. The van der Waals surface area contributed by atoms with Crippen LogP contribution in [-0.4, -0.2) is 36.5 Å². The second-order valence-corrected chi connectivity index (χ2v) is 13.4. The molecule has 2 aromatic heterocycles. The van der Waals surface area contributed by atoms with Crippen molar-refractivity contribution in [3.8, 4) is 0 Å². The van der Waals surface area contributed by atoms with E-state index in [9.17, 15) is 0 Å². The number of nitrogens with one attached hydrogen (secondary N) is 1. The van der Waals surface area contributed by atoms with Gasteiger partial charge in [-0.1, -0.05) is 19.6 Å². The molecule has 0 aliphatic carbocycles. The summed E-state index contributed by atoms with van der Waals surface area (Å²) >= 11 is 1.83. The van der Waals surface area contributed by atoms with Gasteiger partial charge in [-0.2, -0.15) is 0 Å². The number of nitrogens with zero attached hydrogens (tertiary/aromatic N) is 2. The molecule has 1 aliphatic rings. The third-order valence-corrected chi connectivity index (χ3v) is 6.28. The molecule has 3 heterocycles. The van der Waals surface area contributed by atoms with Gasteiger partial charge in [-0.15, -0.1) is 11.8 Å². The van der Waals surface area contributed by atoms with Gasteiger partial charge < -0.3 is 14.6 Å². The van der Waals surface area contributed by atoms with Crippen LogP contribution >= 0.6 is 11.8 Å². The Hall–Kier alpha value is -0.983. The number of thioether (sulfide) groups is 1. The van der Waals surface area contributed by atoms with Gasteiger partial charge >= 0.3 is 0 Å². The fraction of sp³-hybridized carbons (Fsp3) is 0.533. The molecule has 0 aromatic carbocycles. The second-order valence-electron chi connectivity index (χ2n) is 6.66. The molecular formula is C15H23N3OSSi. The van der Waals surface area contributed by atoms with Crippen molar-refractivity contribution >= 4 is 36.6 Å². The SMILES string of the molecule is C[Si](C)(C)CCOCn1ccc2cc3c(nc21)SCCN3. The van der Waals surface area contributed by atoms with Gasteiger partial charge in [0.2, 0.25) is 0 Å². The Balaban J connectivity index is 1.71. The van der Waals surface area contributed by atoms with Crippen molar-refractivity contribution in [2.24, 2.45) is 0 Å². The average Bonchev–Trinajstić information content (AvgIpc) is 2.82. The Bertz CT molecular complexity index is 636. The summed E-state index contributed by atoms with van der Waals surface area (Å²) in [6, 6.07) is 5.52. The lowest BCUT2D eigenvalue weighted by atomic mass is 10.3. The molecule has 1 N–H and O–H groups in total. The molecule has 0 amide bonds. The third-order valence-electron chi connectivity index (χ3n) is 3.59. The summed E-state index contributed by atoms with van der Waals surface area (Å²) in [5, 5.41) is 5.70. The maximum atomic E-state index is 5.84. The van der Waals surface area contributed by atoms with Crippen molar-refractivity contribution in [1.29, 1.82) is 0 Å². The molecule has 4 nitrogen and oxygen atoms in total. The lowest BCUT2D eigenvalue weighted by molar-refractivity contribution is 0.0898. The lowest BCUT2D eigenvalue weighted by Crippen LogP contribution is -2.22. The summed E-state index contributed by atoms with van der Waals surface area (Å²) in [6.07, 6.45) is 2.07. The highest BCUT2D eigenvalue weighted by Crippen LogP contribution is 2.32. The van der Waals surface area contributed by atoms with Crippen LogP contribution in [-0.2, 0) is 11.5 Å². The third kappa shape index (κ3) is 3.62. The van der Waals surface area contributed by atoms with E-state index in [4.69, 9.17) is 9.72 Å². The highest BCUT2D eigenvalue weighted by Gasteiger charge is 2.15. The van der Waals surface area contributed by atoms with E-state index >= 15 is 0 Å². The fourth-order valence-electron chi connectivity index (χ4n) is 2.31. The van der Waals surface area contributed by atoms with E-state index in [0.717, 1.165) is 35.3 Å². The molecule has 0 fully saturated rings. The van der Waals surface area contributed by atoms with E-state index in [1.54, 1.807) is 0 Å². The van der Waals surface area contributed by atoms with Crippen molar-refractivity contribution < 1.29 is 4.74 Å². The van der Waals surface area contributed by atoms with E-state index in [-0.39, 0.29) is 0 Å². The van der Waals surface area contributed by atoms with Crippen LogP contribution in [0, 0.1) is 0 Å². The summed E-state index contributed by atoms with van der Waals surface area (Å²) in [6.45, 7) is 9.58. The van der Waals surface area contributed by atoms with Gasteiger partial charge in [0.1, 0.15) is 17.4 Å². The highest BCUT2D eigenvalue weighted by atomic mass is 32.2. The number of ether oxygens (including phenoxy) is 1. The Morgan fingerprint density at radius 3 is 3.10 bits per heavy atom. The van der Waals surface area contributed by atoms with Crippen LogP contribution in [0.4, 0.5) is 5.69 Å². The highest BCUT2D eigenvalue weighted by molar-refractivity contribution is 7.99. The predicted octanol–water partition coefficient (Wildman–Crippen LogP) is 3.87. The van der Waals surface area contributed by atoms with E-state index < -0.39 is 8.07 Å². The van der Waals surface area contributed by atoms with Crippen LogP contribution in [0.1, 0.15) is 0 Å². The Morgan fingerprint density at radius 2 is 2.29 bits per heavy atom. The molecule has 0 saturated carbocycles. The topological polar surface area (TPSA) is 39.1 Å². The van der Waals surface area contributed by atoms with Crippen molar-refractivity contribution in [3.63, 3.8) is 0 Å². The lowest BCUT2D eigenvalue weighted by Gasteiger charge is -2.17. The fourth-order valence-corrected chi connectivity index (χ4v) is 3.90. The Kier molecular flexibility index (Phi) is 4.28. The molecule has 6 heteroatoms. The normalized spacial score (nSPS) is 15.0. The standard InChI is InChI=1S/C15H23N3OSSi/c1-21(2,3)9-7-19-11-18-6-4-12-10-13-15(17-14(12)18)20-8-5-16-13/h4,6,10,16H,5,7-9,11H2,1-3H3. The maximum Gasteiger partial charge on any atom is 0.143 e. The van der Waals surface area contributed by atoms with Gasteiger partial charge in [-0.3, -0.25) is 0 Å². The number of fused-ring (bicyclic) bond motifs is 2. The zero-order valence-electron chi connectivity index (χ0n) is 13.0. The van der Waals surface area contributed by atoms with Gasteiger partial charge in [-0.05, 0) is 18.2 Å². The number of aromatic nitrogens is 2. The summed E-state index contributed by atoms with van der Waals surface area (Å²) in [7, 11) is -1.01. The molecule has 2 aromatic rings. The molecule has 0 radical (unpaired) electrons. The molecular weight excluding hydrogens is 298 g/mol. The van der Waals surface area contributed by atoms with Crippen LogP contribution in [0.3, 0.4) is 0 Å². The van der Waals surface area contributed by atoms with Gasteiger partial charge in [0, 0.05) is 38.6 Å². The van der Waals surface area contributed by atoms with Crippen molar-refractivity contribution in [3.05, 3.63) is 18.3 Å². The minimum Gasteiger partial charge on any atom is -0.382 e. The summed E-state index contributed by atoms with van der Waals surface area (Å²) < 4.78 is 7.95.